The van der Waals surface area contributed by atoms with Crippen molar-refractivity contribution in [3.05, 3.63) is 72.3 Å². The number of benzene rings is 2. The van der Waals surface area contributed by atoms with Gasteiger partial charge in [-0.25, -0.2) is 9.59 Å². The van der Waals surface area contributed by atoms with E-state index in [2.05, 4.69) is 20.1 Å². The Kier molecular flexibility index (Phi) is 6.72. The van der Waals surface area contributed by atoms with Gasteiger partial charge in [-0.05, 0) is 61.2 Å². The molecule has 0 N–H and O–H groups in total. The van der Waals surface area contributed by atoms with Gasteiger partial charge in [0.15, 0.2) is 0 Å². The lowest BCUT2D eigenvalue weighted by Gasteiger charge is -2.12. The van der Waals surface area contributed by atoms with E-state index in [1.54, 1.807) is 32.0 Å². The van der Waals surface area contributed by atoms with Crippen molar-refractivity contribution >= 4 is 11.9 Å². The summed E-state index contributed by atoms with van der Waals surface area (Å²) in [5.74, 6) is 0.147. The lowest BCUT2D eigenvalue weighted by Crippen LogP contribution is -2.09. The highest BCUT2D eigenvalue weighted by Crippen LogP contribution is 2.29. The molecule has 0 atom stereocenters. The first-order valence-electron chi connectivity index (χ1n) is 8.80. The van der Waals surface area contributed by atoms with Crippen LogP contribution in [0.4, 0.5) is 0 Å². The topological polar surface area (TPSA) is 52.6 Å². The van der Waals surface area contributed by atoms with Crippen molar-refractivity contribution in [2.45, 2.75) is 33.6 Å². The van der Waals surface area contributed by atoms with Crippen molar-refractivity contribution in [1.82, 2.24) is 0 Å². The number of carbonyl (C=O) groups is 2. The van der Waals surface area contributed by atoms with Gasteiger partial charge < -0.3 is 9.47 Å². The molecule has 0 radical (unpaired) electrons. The van der Waals surface area contributed by atoms with E-state index >= 15 is 0 Å². The summed E-state index contributed by atoms with van der Waals surface area (Å²) in [6.45, 7) is 12.5. The smallest absolute Gasteiger partial charge is 0.338 e. The Morgan fingerprint density at radius 1 is 0.852 bits per heavy atom. The molecule has 4 heteroatoms. The van der Waals surface area contributed by atoms with Crippen LogP contribution >= 0.6 is 0 Å². The second-order valence-electron chi connectivity index (χ2n) is 6.44. The van der Waals surface area contributed by atoms with Gasteiger partial charge in [-0.15, -0.1) is 0 Å². The minimum Gasteiger partial charge on any atom is -0.423 e. The zero-order valence-corrected chi connectivity index (χ0v) is 16.0. The molecule has 2 rings (SSSR count). The van der Waals surface area contributed by atoms with Gasteiger partial charge in [0.2, 0.25) is 0 Å². The first kappa shape index (κ1) is 20.2. The molecule has 0 fully saturated rings. The summed E-state index contributed by atoms with van der Waals surface area (Å²) in [4.78, 5) is 23.4. The second kappa shape index (κ2) is 8.99. The third kappa shape index (κ3) is 5.42. The van der Waals surface area contributed by atoms with E-state index in [-0.39, 0.29) is 0 Å². The van der Waals surface area contributed by atoms with E-state index in [1.807, 2.05) is 24.3 Å². The van der Waals surface area contributed by atoms with Crippen LogP contribution in [0.5, 0.6) is 11.5 Å². The Balaban J connectivity index is 2.26. The highest BCUT2D eigenvalue weighted by Gasteiger charge is 2.12. The monoisotopic (exact) mass is 364 g/mol. The predicted molar refractivity (Wildman–Crippen MR) is 107 cm³/mol. The Labute approximate surface area is 160 Å². The number of aryl methyl sites for hydroxylation is 1. The normalized spacial score (nSPS) is 10.2. The van der Waals surface area contributed by atoms with Crippen LogP contribution in [0.2, 0.25) is 0 Å². The van der Waals surface area contributed by atoms with Crippen LogP contribution in [0.25, 0.3) is 11.1 Å². The number of rotatable bonds is 7. The van der Waals surface area contributed by atoms with E-state index in [9.17, 15) is 9.59 Å². The quantitative estimate of drug-likeness (QED) is 0.381. The molecule has 0 saturated carbocycles. The van der Waals surface area contributed by atoms with Crippen LogP contribution in [-0.4, -0.2) is 11.9 Å². The predicted octanol–water partition coefficient (Wildman–Crippen LogP) is 5.27. The van der Waals surface area contributed by atoms with Crippen molar-refractivity contribution in [3.8, 4) is 22.6 Å². The lowest BCUT2D eigenvalue weighted by molar-refractivity contribution is -0.131. The molecule has 140 valence electrons. The average molecular weight is 364 g/mol. The molecule has 0 heterocycles. The zero-order valence-electron chi connectivity index (χ0n) is 16.0. The molecule has 2 aromatic carbocycles. The second-order valence-corrected chi connectivity index (χ2v) is 6.44. The first-order valence-corrected chi connectivity index (χ1v) is 8.80. The fourth-order valence-corrected chi connectivity index (χ4v) is 2.42. The van der Waals surface area contributed by atoms with E-state index < -0.39 is 11.9 Å². The molecule has 0 aliphatic heterocycles. The van der Waals surface area contributed by atoms with Crippen molar-refractivity contribution in [2.24, 2.45) is 0 Å². The molecule has 27 heavy (non-hydrogen) atoms. The van der Waals surface area contributed by atoms with Crippen LogP contribution in [0.3, 0.4) is 0 Å². The fraction of sp³-hybridized carbons (Fsp3) is 0.217. The largest absolute Gasteiger partial charge is 0.423 e. The SMILES string of the molecule is C=C(C)C(=O)Oc1ccc(-c2ccc(OC(=O)C(=C)C)c(CCC)c2)cc1. The highest BCUT2D eigenvalue weighted by atomic mass is 16.5. The first-order chi connectivity index (χ1) is 12.8. The standard InChI is InChI=1S/C23H24O4/c1-6-7-19-14-18(10-13-21(19)27-23(25)16(4)5)17-8-11-20(12-9-17)26-22(24)15(2)3/h8-14H,2,4,6-7H2,1,3,5H3. The van der Waals surface area contributed by atoms with E-state index in [0.717, 1.165) is 29.5 Å². The number of hydrogen-bond acceptors (Lipinski definition) is 4. The maximum atomic E-state index is 11.8. The van der Waals surface area contributed by atoms with Gasteiger partial charge in [0.1, 0.15) is 11.5 Å². The molecular formula is C23H24O4. The third-order valence-corrected chi connectivity index (χ3v) is 3.88. The number of hydrogen-bond donors (Lipinski definition) is 0. The van der Waals surface area contributed by atoms with Crippen molar-refractivity contribution in [1.29, 1.82) is 0 Å². The van der Waals surface area contributed by atoms with Gasteiger partial charge in [-0.1, -0.05) is 44.7 Å². The van der Waals surface area contributed by atoms with Gasteiger partial charge in [0, 0.05) is 11.1 Å². The molecule has 0 amide bonds. The number of carbonyl (C=O) groups excluding carboxylic acids is 2. The van der Waals surface area contributed by atoms with Crippen LogP contribution in [-0.2, 0) is 16.0 Å². The molecular weight excluding hydrogens is 340 g/mol. The molecule has 0 aliphatic carbocycles. The van der Waals surface area contributed by atoms with E-state index in [4.69, 9.17) is 9.47 Å². The maximum Gasteiger partial charge on any atom is 0.338 e. The Bertz CT molecular complexity index is 876. The van der Waals surface area contributed by atoms with Crippen LogP contribution in [0.15, 0.2) is 66.8 Å². The Morgan fingerprint density at radius 3 is 1.96 bits per heavy atom. The molecule has 0 unspecified atom stereocenters. The van der Waals surface area contributed by atoms with Crippen LogP contribution in [0.1, 0.15) is 32.8 Å². The molecule has 0 bridgehead atoms. The molecule has 0 saturated heterocycles. The summed E-state index contributed by atoms with van der Waals surface area (Å²) < 4.78 is 10.6. The van der Waals surface area contributed by atoms with Gasteiger partial charge in [0.05, 0.1) is 0 Å². The molecule has 0 aliphatic rings. The Hall–Kier alpha value is -3.14. The summed E-state index contributed by atoms with van der Waals surface area (Å²) in [6.07, 6.45) is 1.72. The highest BCUT2D eigenvalue weighted by molar-refractivity contribution is 5.89. The summed E-state index contributed by atoms with van der Waals surface area (Å²) in [6, 6.07) is 13.0. The zero-order chi connectivity index (χ0) is 20.0. The van der Waals surface area contributed by atoms with E-state index in [0.29, 0.717) is 22.6 Å². The molecule has 0 spiro atoms. The molecule has 2 aromatic rings. The summed E-state index contributed by atoms with van der Waals surface area (Å²) in [7, 11) is 0. The van der Waals surface area contributed by atoms with Crippen molar-refractivity contribution < 1.29 is 19.1 Å². The van der Waals surface area contributed by atoms with Crippen LogP contribution < -0.4 is 9.47 Å². The minimum absolute atomic E-state index is 0.350. The van der Waals surface area contributed by atoms with Gasteiger partial charge >= 0.3 is 11.9 Å². The molecule has 0 aromatic heterocycles. The van der Waals surface area contributed by atoms with Crippen molar-refractivity contribution in [2.75, 3.05) is 0 Å². The van der Waals surface area contributed by atoms with Gasteiger partial charge in [-0.2, -0.15) is 0 Å². The summed E-state index contributed by atoms with van der Waals surface area (Å²) in [5.41, 5.74) is 3.64. The van der Waals surface area contributed by atoms with Gasteiger partial charge in [-0.3, -0.25) is 0 Å². The number of ether oxygens (including phenoxy) is 2. The third-order valence-electron chi connectivity index (χ3n) is 3.88. The van der Waals surface area contributed by atoms with E-state index in [1.165, 1.54) is 0 Å². The van der Waals surface area contributed by atoms with Crippen LogP contribution in [0, 0.1) is 0 Å². The molecule has 4 nitrogen and oxygen atoms in total. The maximum absolute atomic E-state index is 11.8. The summed E-state index contributed by atoms with van der Waals surface area (Å²) >= 11 is 0. The number of esters is 2. The fourth-order valence-electron chi connectivity index (χ4n) is 2.42. The Morgan fingerprint density at radius 2 is 1.41 bits per heavy atom. The lowest BCUT2D eigenvalue weighted by atomic mass is 10.00. The minimum atomic E-state index is -0.448. The average Bonchev–Trinajstić information content (AvgIpc) is 2.63. The van der Waals surface area contributed by atoms with Gasteiger partial charge in [0.25, 0.3) is 0 Å². The summed E-state index contributed by atoms with van der Waals surface area (Å²) in [5, 5.41) is 0. The van der Waals surface area contributed by atoms with Crippen molar-refractivity contribution in [3.63, 3.8) is 0 Å².